The predicted molar refractivity (Wildman–Crippen MR) is 236 cm³/mol. The van der Waals surface area contributed by atoms with Crippen molar-refractivity contribution in [3.63, 3.8) is 0 Å². The molecule has 0 aliphatic carbocycles. The first-order valence-electron chi connectivity index (χ1n) is 18.5. The van der Waals surface area contributed by atoms with Crippen LogP contribution in [0, 0.1) is 0 Å². The van der Waals surface area contributed by atoms with E-state index in [1.165, 1.54) is 41.2 Å². The zero-order valence-corrected chi connectivity index (χ0v) is 31.6. The van der Waals surface area contributed by atoms with E-state index in [0.717, 1.165) is 49.5 Å². The number of fused-ring (bicyclic) bond motifs is 6. The normalized spacial score (nSPS) is 11.6. The Morgan fingerprint density at radius 2 is 0.929 bits per heavy atom. The van der Waals surface area contributed by atoms with Crippen LogP contribution in [0.4, 0.5) is 0 Å². The van der Waals surface area contributed by atoms with E-state index in [0.29, 0.717) is 17.5 Å². The van der Waals surface area contributed by atoms with Crippen LogP contribution >= 0.6 is 22.7 Å². The minimum absolute atomic E-state index is 0.632. The van der Waals surface area contributed by atoms with E-state index in [1.54, 1.807) is 11.3 Å². The molecule has 0 N–H and O–H groups in total. The first-order valence-corrected chi connectivity index (χ1v) is 20.2. The highest BCUT2D eigenvalue weighted by Gasteiger charge is 2.19. The van der Waals surface area contributed by atoms with Gasteiger partial charge < -0.3 is 0 Å². The molecule has 11 rings (SSSR count). The van der Waals surface area contributed by atoms with Gasteiger partial charge >= 0.3 is 0 Å². The molecule has 3 heterocycles. The predicted octanol–water partition coefficient (Wildman–Crippen LogP) is 14.0. The Morgan fingerprint density at radius 1 is 0.321 bits per heavy atom. The molecule has 0 aliphatic heterocycles. The molecule has 0 aliphatic rings. The van der Waals surface area contributed by atoms with Gasteiger partial charge in [0, 0.05) is 42.4 Å². The summed E-state index contributed by atoms with van der Waals surface area (Å²) in [6.07, 6.45) is 0. The number of thiophene rings is 1. The van der Waals surface area contributed by atoms with Crippen LogP contribution in [0.25, 0.3) is 108 Å². The van der Waals surface area contributed by atoms with E-state index >= 15 is 0 Å². The monoisotopic (exact) mass is 750 g/mol. The molecule has 0 amide bonds. The molecular formula is C50H30N4S2. The van der Waals surface area contributed by atoms with Gasteiger partial charge in [-0.15, -0.1) is 22.7 Å². The van der Waals surface area contributed by atoms with Crippen molar-refractivity contribution in [3.8, 4) is 67.0 Å². The Kier molecular flexibility index (Phi) is 7.83. The average Bonchev–Trinajstić information content (AvgIpc) is 3.88. The first kappa shape index (κ1) is 32.6. The summed E-state index contributed by atoms with van der Waals surface area (Å²) in [6, 6.07) is 63.8. The lowest BCUT2D eigenvalue weighted by Crippen LogP contribution is -2.01. The van der Waals surface area contributed by atoms with Gasteiger partial charge in [0.1, 0.15) is 5.01 Å². The molecule has 6 heteroatoms. The summed E-state index contributed by atoms with van der Waals surface area (Å²) < 4.78 is 3.66. The van der Waals surface area contributed by atoms with Gasteiger partial charge in [-0.05, 0) is 57.3 Å². The van der Waals surface area contributed by atoms with Crippen molar-refractivity contribution in [2.24, 2.45) is 0 Å². The van der Waals surface area contributed by atoms with Crippen molar-refractivity contribution < 1.29 is 0 Å². The number of hydrogen-bond donors (Lipinski definition) is 0. The number of rotatable bonds is 6. The number of benzene rings is 8. The molecule has 0 bridgehead atoms. The molecular weight excluding hydrogens is 721 g/mol. The van der Waals surface area contributed by atoms with Crippen molar-refractivity contribution >= 4 is 63.8 Å². The van der Waals surface area contributed by atoms with Gasteiger partial charge in [-0.3, -0.25) is 0 Å². The molecule has 8 aromatic carbocycles. The number of hydrogen-bond acceptors (Lipinski definition) is 6. The van der Waals surface area contributed by atoms with Crippen LogP contribution in [0.15, 0.2) is 182 Å². The van der Waals surface area contributed by atoms with Gasteiger partial charge in [-0.2, -0.15) is 0 Å². The van der Waals surface area contributed by atoms with Gasteiger partial charge in [-0.25, -0.2) is 19.9 Å². The van der Waals surface area contributed by atoms with Crippen LogP contribution in [0.2, 0.25) is 0 Å². The zero-order valence-electron chi connectivity index (χ0n) is 29.9. The maximum Gasteiger partial charge on any atom is 0.164 e. The third kappa shape index (κ3) is 5.66. The lowest BCUT2D eigenvalue weighted by atomic mass is 9.96. The van der Waals surface area contributed by atoms with Crippen molar-refractivity contribution in [3.05, 3.63) is 182 Å². The second kappa shape index (κ2) is 13.5. The Bertz CT molecular complexity index is 3250. The number of thiazole rings is 1. The van der Waals surface area contributed by atoms with E-state index in [2.05, 4.69) is 158 Å². The average molecular weight is 751 g/mol. The van der Waals surface area contributed by atoms with E-state index < -0.39 is 0 Å². The quantitative estimate of drug-likeness (QED) is 0.170. The lowest BCUT2D eigenvalue weighted by Gasteiger charge is -2.13. The summed E-state index contributed by atoms with van der Waals surface area (Å²) in [4.78, 5) is 20.6. The molecule has 0 spiro atoms. The van der Waals surface area contributed by atoms with Crippen molar-refractivity contribution in [2.45, 2.75) is 0 Å². The Labute approximate surface area is 331 Å². The first-order chi connectivity index (χ1) is 27.7. The fourth-order valence-corrected chi connectivity index (χ4v) is 9.83. The smallest absolute Gasteiger partial charge is 0.164 e. The van der Waals surface area contributed by atoms with E-state index in [9.17, 15) is 0 Å². The minimum atomic E-state index is 0.632. The molecule has 0 radical (unpaired) electrons. The van der Waals surface area contributed by atoms with Crippen molar-refractivity contribution in [2.75, 3.05) is 0 Å². The van der Waals surface area contributed by atoms with Crippen LogP contribution in [-0.4, -0.2) is 19.9 Å². The van der Waals surface area contributed by atoms with E-state index in [-0.39, 0.29) is 0 Å². The van der Waals surface area contributed by atoms with E-state index in [4.69, 9.17) is 19.9 Å². The molecule has 262 valence electrons. The SMILES string of the molecule is c1ccc(-c2nc(-c3cccc(-c4cccc5ccccc45)c3)nc(-c3ccccc3-c3ccc4c(c3)sc3ccc5sc(-c6ccccc6)nc5c34)n2)cc1. The fraction of sp³-hybridized carbons (Fsp3) is 0. The highest BCUT2D eigenvalue weighted by molar-refractivity contribution is 7.26. The molecule has 0 saturated heterocycles. The zero-order chi connectivity index (χ0) is 37.0. The summed E-state index contributed by atoms with van der Waals surface area (Å²) in [5.41, 5.74) is 9.52. The number of nitrogens with zero attached hydrogens (tertiary/aromatic N) is 4. The highest BCUT2D eigenvalue weighted by Crippen LogP contribution is 2.43. The molecule has 0 unspecified atom stereocenters. The summed E-state index contributed by atoms with van der Waals surface area (Å²) in [6.45, 7) is 0. The third-order valence-electron chi connectivity index (χ3n) is 10.4. The maximum atomic E-state index is 5.21. The van der Waals surface area contributed by atoms with Gasteiger partial charge in [0.05, 0.1) is 10.2 Å². The lowest BCUT2D eigenvalue weighted by molar-refractivity contribution is 1.07. The van der Waals surface area contributed by atoms with Gasteiger partial charge in [0.2, 0.25) is 0 Å². The Balaban J connectivity index is 1.04. The van der Waals surface area contributed by atoms with Gasteiger partial charge in [0.15, 0.2) is 17.5 Å². The van der Waals surface area contributed by atoms with Crippen LogP contribution in [0.3, 0.4) is 0 Å². The standard InChI is InChI=1S/C50H30N4S2/c1-3-14-32(15-4-1)47-52-48(36-20-11-19-34(29-36)38-24-12-18-31-13-7-8-21-37(31)38)54-49(53-47)40-23-10-9-22-39(40)35-25-26-41-44(30-35)55-42-27-28-43-46(45(41)42)51-50(56-43)33-16-5-2-6-17-33/h1-30H. The Morgan fingerprint density at radius 3 is 1.79 bits per heavy atom. The molecule has 0 fully saturated rings. The number of aromatic nitrogens is 4. The summed E-state index contributed by atoms with van der Waals surface area (Å²) >= 11 is 3.56. The topological polar surface area (TPSA) is 51.6 Å². The van der Waals surface area contributed by atoms with Gasteiger partial charge in [0.25, 0.3) is 0 Å². The van der Waals surface area contributed by atoms with Crippen LogP contribution < -0.4 is 0 Å². The summed E-state index contributed by atoms with van der Waals surface area (Å²) in [5, 5.41) is 5.92. The fourth-order valence-electron chi connectivity index (χ4n) is 7.70. The molecule has 0 atom stereocenters. The van der Waals surface area contributed by atoms with Crippen molar-refractivity contribution in [1.29, 1.82) is 0 Å². The van der Waals surface area contributed by atoms with Crippen molar-refractivity contribution in [1.82, 2.24) is 19.9 Å². The molecule has 3 aromatic heterocycles. The van der Waals surface area contributed by atoms with Crippen LogP contribution in [-0.2, 0) is 0 Å². The van der Waals surface area contributed by atoms with Gasteiger partial charge in [-0.1, -0.05) is 158 Å². The second-order valence-corrected chi connectivity index (χ2v) is 15.9. The van der Waals surface area contributed by atoms with Crippen LogP contribution in [0.1, 0.15) is 0 Å². The Hall–Kier alpha value is -6.86. The van der Waals surface area contributed by atoms with Crippen LogP contribution in [0.5, 0.6) is 0 Å². The highest BCUT2D eigenvalue weighted by atomic mass is 32.1. The molecule has 11 aromatic rings. The molecule has 56 heavy (non-hydrogen) atoms. The second-order valence-electron chi connectivity index (χ2n) is 13.8. The largest absolute Gasteiger partial charge is 0.235 e. The third-order valence-corrected chi connectivity index (χ3v) is 12.6. The summed E-state index contributed by atoms with van der Waals surface area (Å²) in [5.74, 6) is 1.90. The maximum absolute atomic E-state index is 5.21. The molecule has 0 saturated carbocycles. The minimum Gasteiger partial charge on any atom is -0.235 e. The molecule has 4 nitrogen and oxygen atoms in total. The summed E-state index contributed by atoms with van der Waals surface area (Å²) in [7, 11) is 0. The van der Waals surface area contributed by atoms with E-state index in [1.807, 2.05) is 35.6 Å².